The molecule has 1 fully saturated rings. The second-order valence-electron chi connectivity index (χ2n) is 6.41. The molecule has 1 aliphatic heterocycles. The summed E-state index contributed by atoms with van der Waals surface area (Å²) in [6.45, 7) is 5.28. The minimum atomic E-state index is -0.329. The number of benzene rings is 1. The molecular formula is C19H25N3O4S. The number of ether oxygens (including phenoxy) is 2. The number of aromatic nitrogens is 2. The lowest BCUT2D eigenvalue weighted by Crippen LogP contribution is -2.44. The normalized spacial score (nSPS) is 15.9. The summed E-state index contributed by atoms with van der Waals surface area (Å²) >= 11 is 1.34. The zero-order valence-electron chi connectivity index (χ0n) is 15.7. The Hall–Kier alpha value is -1.90. The highest BCUT2D eigenvalue weighted by atomic mass is 32.2. The Bertz CT molecular complexity index is 848. The van der Waals surface area contributed by atoms with E-state index in [1.807, 2.05) is 30.0 Å². The molecule has 1 saturated heterocycles. The lowest BCUT2D eigenvalue weighted by atomic mass is 10.2. The maximum atomic E-state index is 13.0. The average Bonchev–Trinajstić information content (AvgIpc) is 2.70. The molecule has 1 aliphatic rings. The third kappa shape index (κ3) is 4.69. The maximum Gasteiger partial charge on any atom is 0.262 e. The SMILES string of the molecule is COCCCn1c(SC(C)C(=O)N2CCOCC2)nc2ccccc2c1=O. The Labute approximate surface area is 162 Å². The minimum absolute atomic E-state index is 0.0501. The summed E-state index contributed by atoms with van der Waals surface area (Å²) in [7, 11) is 1.64. The Morgan fingerprint density at radius 1 is 1.33 bits per heavy atom. The quantitative estimate of drug-likeness (QED) is 0.407. The van der Waals surface area contributed by atoms with Crippen LogP contribution in [0.25, 0.3) is 10.9 Å². The first-order chi connectivity index (χ1) is 13.1. The summed E-state index contributed by atoms with van der Waals surface area (Å²) in [5.41, 5.74) is 0.573. The standard InChI is InChI=1S/C19H25N3O4S/c1-14(17(23)21-9-12-26-13-10-21)27-19-20-16-7-4-3-6-15(16)18(24)22(19)8-5-11-25-2/h3-4,6-7,14H,5,8-13H2,1-2H3. The first kappa shape index (κ1) is 19.9. The number of para-hydroxylation sites is 1. The van der Waals surface area contributed by atoms with Gasteiger partial charge in [-0.3, -0.25) is 14.2 Å². The highest BCUT2D eigenvalue weighted by molar-refractivity contribution is 8.00. The van der Waals surface area contributed by atoms with E-state index in [1.54, 1.807) is 17.7 Å². The molecular weight excluding hydrogens is 366 g/mol. The molecule has 0 bridgehead atoms. The number of carbonyl (C=O) groups excluding carboxylic acids is 1. The Balaban J connectivity index is 1.87. The molecule has 0 radical (unpaired) electrons. The fourth-order valence-electron chi connectivity index (χ4n) is 3.05. The number of nitrogens with zero attached hydrogens (tertiary/aromatic N) is 3. The second kappa shape index (κ2) is 9.34. The van der Waals surface area contributed by atoms with E-state index in [1.165, 1.54) is 11.8 Å². The topological polar surface area (TPSA) is 73.7 Å². The van der Waals surface area contributed by atoms with Crippen LogP contribution in [-0.2, 0) is 20.8 Å². The number of thioether (sulfide) groups is 1. The molecule has 0 N–H and O–H groups in total. The Morgan fingerprint density at radius 2 is 2.07 bits per heavy atom. The molecule has 146 valence electrons. The van der Waals surface area contributed by atoms with Gasteiger partial charge in [-0.15, -0.1) is 0 Å². The van der Waals surface area contributed by atoms with Crippen molar-refractivity contribution in [1.82, 2.24) is 14.5 Å². The van der Waals surface area contributed by atoms with Gasteiger partial charge in [0.05, 0.1) is 29.4 Å². The highest BCUT2D eigenvalue weighted by Gasteiger charge is 2.25. The van der Waals surface area contributed by atoms with Crippen molar-refractivity contribution in [3.05, 3.63) is 34.6 Å². The van der Waals surface area contributed by atoms with Crippen molar-refractivity contribution in [2.75, 3.05) is 40.0 Å². The van der Waals surface area contributed by atoms with Crippen LogP contribution >= 0.6 is 11.8 Å². The summed E-state index contributed by atoms with van der Waals surface area (Å²) in [4.78, 5) is 32.2. The number of rotatable bonds is 7. The number of hydrogen-bond acceptors (Lipinski definition) is 6. The maximum absolute atomic E-state index is 13.0. The fraction of sp³-hybridized carbons (Fsp3) is 0.526. The number of amides is 1. The molecule has 2 aromatic rings. The van der Waals surface area contributed by atoms with E-state index < -0.39 is 0 Å². The van der Waals surface area contributed by atoms with Crippen LogP contribution < -0.4 is 5.56 Å². The summed E-state index contributed by atoms with van der Waals surface area (Å²) in [6.07, 6.45) is 0.704. The monoisotopic (exact) mass is 391 g/mol. The van der Waals surface area contributed by atoms with Crippen LogP contribution in [0.1, 0.15) is 13.3 Å². The van der Waals surface area contributed by atoms with Gasteiger partial charge in [0.15, 0.2) is 5.16 Å². The van der Waals surface area contributed by atoms with E-state index in [-0.39, 0.29) is 16.7 Å². The van der Waals surface area contributed by atoms with Crippen molar-refractivity contribution in [2.45, 2.75) is 30.3 Å². The third-order valence-electron chi connectivity index (χ3n) is 4.51. The number of carbonyl (C=O) groups is 1. The van der Waals surface area contributed by atoms with Crippen LogP contribution in [0.2, 0.25) is 0 Å². The van der Waals surface area contributed by atoms with E-state index in [4.69, 9.17) is 9.47 Å². The molecule has 1 amide bonds. The lowest BCUT2D eigenvalue weighted by molar-refractivity contribution is -0.134. The van der Waals surface area contributed by atoms with Crippen LogP contribution in [0.5, 0.6) is 0 Å². The fourth-order valence-corrected chi connectivity index (χ4v) is 4.07. The molecule has 0 saturated carbocycles. The van der Waals surface area contributed by atoms with Crippen molar-refractivity contribution >= 4 is 28.6 Å². The van der Waals surface area contributed by atoms with Gasteiger partial charge >= 0.3 is 0 Å². The second-order valence-corrected chi connectivity index (χ2v) is 7.72. The predicted octanol–water partition coefficient (Wildman–Crippen LogP) is 1.77. The van der Waals surface area contributed by atoms with Gasteiger partial charge in [0, 0.05) is 33.4 Å². The summed E-state index contributed by atoms with van der Waals surface area (Å²) in [6, 6.07) is 7.31. The van der Waals surface area contributed by atoms with Gasteiger partial charge in [0.25, 0.3) is 5.56 Å². The van der Waals surface area contributed by atoms with Gasteiger partial charge in [-0.05, 0) is 25.5 Å². The van der Waals surface area contributed by atoms with Gasteiger partial charge in [0.1, 0.15) is 0 Å². The first-order valence-electron chi connectivity index (χ1n) is 9.13. The minimum Gasteiger partial charge on any atom is -0.385 e. The summed E-state index contributed by atoms with van der Waals surface area (Å²) < 4.78 is 12.1. The molecule has 1 atom stereocenters. The van der Waals surface area contributed by atoms with Crippen LogP contribution in [0.15, 0.2) is 34.2 Å². The molecule has 27 heavy (non-hydrogen) atoms. The molecule has 3 rings (SSSR count). The highest BCUT2D eigenvalue weighted by Crippen LogP contribution is 2.24. The first-order valence-corrected chi connectivity index (χ1v) is 10.0. The molecule has 1 aromatic heterocycles. The smallest absolute Gasteiger partial charge is 0.262 e. The van der Waals surface area contributed by atoms with Crippen LogP contribution in [0.4, 0.5) is 0 Å². The molecule has 1 aromatic carbocycles. The van der Waals surface area contributed by atoms with E-state index in [0.717, 1.165) is 0 Å². The van der Waals surface area contributed by atoms with Crippen molar-refractivity contribution in [2.24, 2.45) is 0 Å². The lowest BCUT2D eigenvalue weighted by Gasteiger charge is -2.29. The predicted molar refractivity (Wildman–Crippen MR) is 105 cm³/mol. The number of hydrogen-bond donors (Lipinski definition) is 0. The van der Waals surface area contributed by atoms with Crippen LogP contribution in [-0.4, -0.2) is 65.6 Å². The Morgan fingerprint density at radius 3 is 2.81 bits per heavy atom. The molecule has 2 heterocycles. The van der Waals surface area contributed by atoms with Gasteiger partial charge in [-0.25, -0.2) is 4.98 Å². The van der Waals surface area contributed by atoms with Crippen molar-refractivity contribution < 1.29 is 14.3 Å². The van der Waals surface area contributed by atoms with E-state index in [2.05, 4.69) is 4.98 Å². The summed E-state index contributed by atoms with van der Waals surface area (Å²) in [5.74, 6) is 0.0501. The Kier molecular flexibility index (Phi) is 6.87. The van der Waals surface area contributed by atoms with Gasteiger partial charge in [-0.1, -0.05) is 23.9 Å². The van der Waals surface area contributed by atoms with Gasteiger partial charge < -0.3 is 14.4 Å². The van der Waals surface area contributed by atoms with E-state index in [0.29, 0.717) is 61.9 Å². The number of methoxy groups -OCH3 is 1. The molecule has 7 nitrogen and oxygen atoms in total. The number of morpholine rings is 1. The number of fused-ring (bicyclic) bond motifs is 1. The molecule has 0 spiro atoms. The largest absolute Gasteiger partial charge is 0.385 e. The van der Waals surface area contributed by atoms with E-state index >= 15 is 0 Å². The van der Waals surface area contributed by atoms with Gasteiger partial charge in [0.2, 0.25) is 5.91 Å². The molecule has 8 heteroatoms. The zero-order valence-corrected chi connectivity index (χ0v) is 16.5. The van der Waals surface area contributed by atoms with Crippen LogP contribution in [0.3, 0.4) is 0 Å². The molecule has 1 unspecified atom stereocenters. The van der Waals surface area contributed by atoms with Crippen molar-refractivity contribution in [3.63, 3.8) is 0 Å². The van der Waals surface area contributed by atoms with Gasteiger partial charge in [-0.2, -0.15) is 0 Å². The third-order valence-corrected chi connectivity index (χ3v) is 5.59. The summed E-state index contributed by atoms with van der Waals surface area (Å²) in [5, 5.41) is 0.833. The van der Waals surface area contributed by atoms with Crippen molar-refractivity contribution in [3.8, 4) is 0 Å². The average molecular weight is 391 g/mol. The van der Waals surface area contributed by atoms with E-state index in [9.17, 15) is 9.59 Å². The molecule has 0 aliphatic carbocycles. The van der Waals surface area contributed by atoms with Crippen LogP contribution in [0, 0.1) is 0 Å². The zero-order chi connectivity index (χ0) is 19.2. The van der Waals surface area contributed by atoms with Crippen molar-refractivity contribution in [1.29, 1.82) is 0 Å².